The van der Waals surface area contributed by atoms with E-state index in [2.05, 4.69) is 23.8 Å². The van der Waals surface area contributed by atoms with E-state index in [-0.39, 0.29) is 12.4 Å². The molecule has 0 unspecified atom stereocenters. The van der Waals surface area contributed by atoms with Crippen LogP contribution < -0.4 is 15.4 Å². The van der Waals surface area contributed by atoms with Gasteiger partial charge in [-0.25, -0.2) is 0 Å². The fraction of sp³-hybridized carbons (Fsp3) is 0.353. The van der Waals surface area contributed by atoms with Crippen molar-refractivity contribution in [1.82, 2.24) is 5.32 Å². The van der Waals surface area contributed by atoms with Crippen molar-refractivity contribution in [2.24, 2.45) is 0 Å². The molecule has 5 nitrogen and oxygen atoms in total. The summed E-state index contributed by atoms with van der Waals surface area (Å²) >= 11 is 0. The van der Waals surface area contributed by atoms with Gasteiger partial charge in [0.15, 0.2) is 5.78 Å². The van der Waals surface area contributed by atoms with Crippen LogP contribution in [0.4, 0.5) is 5.69 Å². The number of aliphatic hydroxyl groups is 1. The second-order valence-corrected chi connectivity index (χ2v) is 4.85. The van der Waals surface area contributed by atoms with Crippen molar-refractivity contribution in [3.05, 3.63) is 49.1 Å². The fourth-order valence-corrected chi connectivity index (χ4v) is 1.83. The third-order valence-electron chi connectivity index (χ3n) is 2.91. The maximum absolute atomic E-state index is 11.7. The van der Waals surface area contributed by atoms with Gasteiger partial charge in [0.2, 0.25) is 0 Å². The van der Waals surface area contributed by atoms with E-state index in [0.717, 1.165) is 5.69 Å². The number of ketones is 1. The van der Waals surface area contributed by atoms with Gasteiger partial charge in [0.1, 0.15) is 18.5 Å². The standard InChI is InChI=1S/C17H24N2O3/c1-4-8-18-11-15(21)12-22-17-7-6-14(19-9-5-2)10-16(17)13(3)20/h4-7,10,15,18-19,21H,1-2,8-9,11-12H2,3H3/t15-/m1/s1. The Labute approximate surface area is 131 Å². The number of carbonyl (C=O) groups is 1. The summed E-state index contributed by atoms with van der Waals surface area (Å²) in [4.78, 5) is 11.7. The zero-order valence-corrected chi connectivity index (χ0v) is 13.0. The van der Waals surface area contributed by atoms with E-state index in [4.69, 9.17) is 4.74 Å². The van der Waals surface area contributed by atoms with Crippen LogP contribution in [-0.2, 0) is 0 Å². The van der Waals surface area contributed by atoms with Gasteiger partial charge in [-0.15, -0.1) is 13.2 Å². The van der Waals surface area contributed by atoms with Crippen LogP contribution in [0.25, 0.3) is 0 Å². The van der Waals surface area contributed by atoms with Gasteiger partial charge >= 0.3 is 0 Å². The van der Waals surface area contributed by atoms with Crippen LogP contribution in [0, 0.1) is 0 Å². The van der Waals surface area contributed by atoms with Gasteiger partial charge in [0.05, 0.1) is 5.56 Å². The number of carbonyl (C=O) groups excluding carboxylic acids is 1. The molecule has 0 aliphatic rings. The molecule has 1 atom stereocenters. The highest BCUT2D eigenvalue weighted by molar-refractivity contribution is 5.97. The van der Waals surface area contributed by atoms with Gasteiger partial charge in [0.25, 0.3) is 0 Å². The predicted octanol–water partition coefficient (Wildman–Crippen LogP) is 2.00. The van der Waals surface area contributed by atoms with E-state index >= 15 is 0 Å². The Hall–Kier alpha value is -2.11. The maximum atomic E-state index is 11.7. The smallest absolute Gasteiger partial charge is 0.163 e. The van der Waals surface area contributed by atoms with Crippen molar-refractivity contribution in [3.63, 3.8) is 0 Å². The molecule has 0 amide bonds. The lowest BCUT2D eigenvalue weighted by molar-refractivity contribution is 0.0976. The first-order chi connectivity index (χ1) is 10.6. The number of nitrogens with one attached hydrogen (secondary N) is 2. The molecule has 0 aliphatic carbocycles. The molecule has 0 radical (unpaired) electrons. The molecule has 5 heteroatoms. The van der Waals surface area contributed by atoms with Gasteiger partial charge in [-0.1, -0.05) is 12.2 Å². The van der Waals surface area contributed by atoms with Gasteiger partial charge in [-0.3, -0.25) is 4.79 Å². The molecule has 0 fully saturated rings. The minimum absolute atomic E-state index is 0.0866. The molecular weight excluding hydrogens is 280 g/mol. The summed E-state index contributed by atoms with van der Waals surface area (Å²) in [5.74, 6) is 0.385. The van der Waals surface area contributed by atoms with Gasteiger partial charge in [-0.2, -0.15) is 0 Å². The molecule has 0 bridgehead atoms. The number of benzene rings is 1. The molecule has 0 saturated heterocycles. The average Bonchev–Trinajstić information content (AvgIpc) is 2.51. The van der Waals surface area contributed by atoms with Crippen molar-refractivity contribution >= 4 is 11.5 Å². The maximum Gasteiger partial charge on any atom is 0.163 e. The Bertz CT molecular complexity index is 515. The van der Waals surface area contributed by atoms with E-state index in [9.17, 15) is 9.90 Å². The van der Waals surface area contributed by atoms with Crippen LogP contribution in [0.1, 0.15) is 17.3 Å². The zero-order chi connectivity index (χ0) is 16.4. The predicted molar refractivity (Wildman–Crippen MR) is 89.7 cm³/mol. The van der Waals surface area contributed by atoms with Crippen LogP contribution in [-0.4, -0.2) is 43.2 Å². The molecule has 0 heterocycles. The minimum Gasteiger partial charge on any atom is -0.490 e. The Morgan fingerprint density at radius 3 is 2.73 bits per heavy atom. The quantitative estimate of drug-likeness (QED) is 0.331. The molecule has 0 saturated carbocycles. The number of aliphatic hydroxyl groups excluding tert-OH is 1. The first-order valence-electron chi connectivity index (χ1n) is 7.20. The Morgan fingerprint density at radius 2 is 2.09 bits per heavy atom. The molecule has 120 valence electrons. The average molecular weight is 304 g/mol. The summed E-state index contributed by atoms with van der Waals surface area (Å²) in [7, 11) is 0. The molecule has 1 aromatic carbocycles. The fourth-order valence-electron chi connectivity index (χ4n) is 1.83. The lowest BCUT2D eigenvalue weighted by Gasteiger charge is -2.15. The van der Waals surface area contributed by atoms with Gasteiger partial charge < -0.3 is 20.5 Å². The van der Waals surface area contributed by atoms with E-state index in [1.54, 1.807) is 24.3 Å². The van der Waals surface area contributed by atoms with Crippen molar-refractivity contribution in [1.29, 1.82) is 0 Å². The number of Topliss-reactive ketones (excluding diaryl/α,β-unsaturated/α-hetero) is 1. The van der Waals surface area contributed by atoms with Crippen LogP contribution in [0.5, 0.6) is 5.75 Å². The molecule has 1 rings (SSSR count). The molecule has 22 heavy (non-hydrogen) atoms. The summed E-state index contributed by atoms with van der Waals surface area (Å²) in [5.41, 5.74) is 1.31. The van der Waals surface area contributed by atoms with Crippen LogP contribution in [0.2, 0.25) is 0 Å². The first-order valence-corrected chi connectivity index (χ1v) is 7.20. The highest BCUT2D eigenvalue weighted by atomic mass is 16.5. The Kier molecular flexibility index (Phi) is 7.96. The van der Waals surface area contributed by atoms with Gasteiger partial charge in [-0.05, 0) is 25.1 Å². The van der Waals surface area contributed by atoms with Crippen LogP contribution in [0.3, 0.4) is 0 Å². The number of ether oxygens (including phenoxy) is 1. The molecular formula is C17H24N2O3. The van der Waals surface area contributed by atoms with Crippen molar-refractivity contribution in [2.45, 2.75) is 13.0 Å². The summed E-state index contributed by atoms with van der Waals surface area (Å²) < 4.78 is 5.57. The topological polar surface area (TPSA) is 70.6 Å². The third kappa shape index (κ3) is 6.11. The lowest BCUT2D eigenvalue weighted by atomic mass is 10.1. The number of hydrogen-bond acceptors (Lipinski definition) is 5. The van der Waals surface area contributed by atoms with Crippen molar-refractivity contribution in [2.75, 3.05) is 31.6 Å². The summed E-state index contributed by atoms with van der Waals surface area (Å²) in [6.45, 7) is 10.5. The summed E-state index contributed by atoms with van der Waals surface area (Å²) in [6, 6.07) is 5.29. The highest BCUT2D eigenvalue weighted by Gasteiger charge is 2.12. The Morgan fingerprint density at radius 1 is 1.36 bits per heavy atom. The third-order valence-corrected chi connectivity index (χ3v) is 2.91. The number of anilines is 1. The molecule has 0 spiro atoms. The lowest BCUT2D eigenvalue weighted by Crippen LogP contribution is -2.31. The van der Waals surface area contributed by atoms with Gasteiger partial charge in [0, 0.05) is 25.3 Å². The second-order valence-electron chi connectivity index (χ2n) is 4.85. The summed E-state index contributed by atoms with van der Waals surface area (Å²) in [5, 5.41) is 15.9. The molecule has 1 aromatic rings. The van der Waals surface area contributed by atoms with Crippen molar-refractivity contribution in [3.8, 4) is 5.75 Å². The van der Waals surface area contributed by atoms with E-state index in [1.807, 2.05) is 6.07 Å². The van der Waals surface area contributed by atoms with Crippen LogP contribution in [0.15, 0.2) is 43.5 Å². The Balaban J connectivity index is 2.66. The molecule has 3 N–H and O–H groups in total. The monoisotopic (exact) mass is 304 g/mol. The number of hydrogen-bond donors (Lipinski definition) is 3. The second kappa shape index (κ2) is 9.76. The van der Waals surface area contributed by atoms with E-state index < -0.39 is 6.10 Å². The zero-order valence-electron chi connectivity index (χ0n) is 13.0. The van der Waals surface area contributed by atoms with E-state index in [0.29, 0.717) is 30.9 Å². The summed E-state index contributed by atoms with van der Waals surface area (Å²) in [6.07, 6.45) is 2.80. The molecule has 0 aliphatic heterocycles. The largest absolute Gasteiger partial charge is 0.490 e. The molecule has 0 aromatic heterocycles. The van der Waals surface area contributed by atoms with Crippen LogP contribution >= 0.6 is 0 Å². The normalized spacial score (nSPS) is 11.5. The van der Waals surface area contributed by atoms with E-state index in [1.165, 1.54) is 6.92 Å². The highest BCUT2D eigenvalue weighted by Crippen LogP contribution is 2.23. The number of rotatable bonds is 11. The van der Waals surface area contributed by atoms with Crippen molar-refractivity contribution < 1.29 is 14.6 Å². The minimum atomic E-state index is -0.654. The SMILES string of the molecule is C=CCNC[C@@H](O)COc1ccc(NCC=C)cc1C(C)=O. The first kappa shape index (κ1) is 17.9.